The number of carbonyl (C=O) groups excluding carboxylic acids is 2. The standard InChI is InChI=1S/C23H18N4O4/c1-13-3-2-4-20(25-13)27-22(30)18-11-15-7-10-17(28)12-19(15)31-23(18)26-16-8-5-14(6-9-16)21(24)29/h2-12,28H,1H3,(H2,24,29)(H,25,27,30). The zero-order valence-electron chi connectivity index (χ0n) is 16.5. The number of nitrogens with one attached hydrogen (secondary N) is 1. The van der Waals surface area contributed by atoms with Gasteiger partial charge in [0.15, 0.2) is 0 Å². The predicted octanol–water partition coefficient (Wildman–Crippen LogP) is 3.43. The van der Waals surface area contributed by atoms with Gasteiger partial charge in [0, 0.05) is 22.7 Å². The Morgan fingerprint density at radius 2 is 1.84 bits per heavy atom. The first-order chi connectivity index (χ1) is 14.9. The Morgan fingerprint density at radius 3 is 2.55 bits per heavy atom. The van der Waals surface area contributed by atoms with Crippen LogP contribution in [0.2, 0.25) is 0 Å². The molecule has 0 aliphatic carbocycles. The first kappa shape index (κ1) is 19.8. The van der Waals surface area contributed by atoms with E-state index < -0.39 is 11.8 Å². The molecule has 2 aromatic heterocycles. The molecular formula is C23H18N4O4. The second-order valence-corrected chi connectivity index (χ2v) is 6.83. The van der Waals surface area contributed by atoms with Crippen LogP contribution in [0.25, 0.3) is 11.0 Å². The molecule has 4 N–H and O–H groups in total. The first-order valence-electron chi connectivity index (χ1n) is 9.35. The number of amides is 2. The van der Waals surface area contributed by atoms with Crippen molar-refractivity contribution in [3.05, 3.63) is 89.1 Å². The van der Waals surface area contributed by atoms with Crippen molar-refractivity contribution in [1.29, 1.82) is 0 Å². The number of aryl methyl sites for hydroxylation is 1. The maximum atomic E-state index is 13.0. The molecule has 2 heterocycles. The molecule has 0 unspecified atom stereocenters. The van der Waals surface area contributed by atoms with Gasteiger partial charge in [-0.1, -0.05) is 6.07 Å². The fraction of sp³-hybridized carbons (Fsp3) is 0.0435. The largest absolute Gasteiger partial charge is 0.508 e. The summed E-state index contributed by atoms with van der Waals surface area (Å²) in [6.45, 7) is 1.82. The molecule has 0 fully saturated rings. The molecular weight excluding hydrogens is 396 g/mol. The minimum Gasteiger partial charge on any atom is -0.508 e. The molecule has 0 spiro atoms. The lowest BCUT2D eigenvalue weighted by atomic mass is 10.1. The SMILES string of the molecule is Cc1cccc(NC(=O)c2cc3ccc(O)cc3oc2=Nc2ccc(C(N)=O)cc2)n1. The van der Waals surface area contributed by atoms with E-state index >= 15 is 0 Å². The van der Waals surface area contributed by atoms with E-state index in [9.17, 15) is 14.7 Å². The topological polar surface area (TPSA) is 131 Å². The van der Waals surface area contributed by atoms with Gasteiger partial charge >= 0.3 is 0 Å². The molecule has 0 aliphatic rings. The summed E-state index contributed by atoms with van der Waals surface area (Å²) in [6, 6.07) is 17.7. The molecule has 0 aliphatic heterocycles. The van der Waals surface area contributed by atoms with Gasteiger partial charge in [0.25, 0.3) is 5.91 Å². The van der Waals surface area contributed by atoms with Gasteiger partial charge in [-0.15, -0.1) is 0 Å². The fourth-order valence-electron chi connectivity index (χ4n) is 2.97. The van der Waals surface area contributed by atoms with Crippen LogP contribution in [0.5, 0.6) is 5.75 Å². The number of hydrogen-bond donors (Lipinski definition) is 3. The Labute approximate surface area is 176 Å². The number of phenols is 1. The van der Waals surface area contributed by atoms with Crippen molar-refractivity contribution in [2.75, 3.05) is 5.32 Å². The number of nitrogens with zero attached hydrogens (tertiary/aromatic N) is 2. The number of nitrogens with two attached hydrogens (primary N) is 1. The summed E-state index contributed by atoms with van der Waals surface area (Å²) >= 11 is 0. The summed E-state index contributed by atoms with van der Waals surface area (Å²) in [5.41, 5.74) is 7.40. The molecule has 31 heavy (non-hydrogen) atoms. The third kappa shape index (κ3) is 4.43. The molecule has 0 radical (unpaired) electrons. The van der Waals surface area contributed by atoms with E-state index in [2.05, 4.69) is 15.3 Å². The van der Waals surface area contributed by atoms with Gasteiger partial charge in [0.2, 0.25) is 11.5 Å². The van der Waals surface area contributed by atoms with Gasteiger partial charge in [-0.05, 0) is 61.5 Å². The maximum absolute atomic E-state index is 13.0. The van der Waals surface area contributed by atoms with Crippen LogP contribution in [0.4, 0.5) is 11.5 Å². The Hall–Kier alpha value is -4.46. The third-order valence-electron chi connectivity index (χ3n) is 4.49. The number of carbonyl (C=O) groups is 2. The van der Waals surface area contributed by atoms with Crippen molar-refractivity contribution in [3.8, 4) is 5.75 Å². The van der Waals surface area contributed by atoms with E-state index in [-0.39, 0.29) is 16.9 Å². The monoisotopic (exact) mass is 414 g/mol. The molecule has 4 aromatic rings. The highest BCUT2D eigenvalue weighted by Gasteiger charge is 2.14. The van der Waals surface area contributed by atoms with E-state index in [0.717, 1.165) is 5.69 Å². The van der Waals surface area contributed by atoms with Crippen LogP contribution in [-0.4, -0.2) is 21.9 Å². The second-order valence-electron chi connectivity index (χ2n) is 6.83. The normalized spacial score (nSPS) is 11.5. The van der Waals surface area contributed by atoms with Gasteiger partial charge < -0.3 is 20.6 Å². The smallest absolute Gasteiger partial charge is 0.262 e. The van der Waals surface area contributed by atoms with Crippen LogP contribution in [0.3, 0.4) is 0 Å². The minimum absolute atomic E-state index is 0.0224. The number of phenolic OH excluding ortho intramolecular Hbond substituents is 1. The summed E-state index contributed by atoms with van der Waals surface area (Å²) < 4.78 is 5.84. The Morgan fingerprint density at radius 1 is 1.06 bits per heavy atom. The van der Waals surface area contributed by atoms with E-state index in [1.54, 1.807) is 36.4 Å². The summed E-state index contributed by atoms with van der Waals surface area (Å²) in [4.78, 5) is 33.0. The molecule has 0 saturated carbocycles. The van der Waals surface area contributed by atoms with Crippen molar-refractivity contribution in [2.45, 2.75) is 6.92 Å². The molecule has 0 atom stereocenters. The van der Waals surface area contributed by atoms with E-state index in [4.69, 9.17) is 10.2 Å². The Kier molecular flexibility index (Phi) is 5.19. The van der Waals surface area contributed by atoms with Gasteiger partial charge in [0.1, 0.15) is 22.7 Å². The van der Waals surface area contributed by atoms with E-state index in [1.807, 2.05) is 13.0 Å². The maximum Gasteiger partial charge on any atom is 0.262 e. The Bertz CT molecular complexity index is 1370. The quantitative estimate of drug-likeness (QED) is 0.471. The van der Waals surface area contributed by atoms with Crippen molar-refractivity contribution >= 4 is 34.3 Å². The summed E-state index contributed by atoms with van der Waals surface area (Å²) in [5, 5.41) is 13.1. The Balaban J connectivity index is 1.83. The highest BCUT2D eigenvalue weighted by Crippen LogP contribution is 2.21. The van der Waals surface area contributed by atoms with Crippen LogP contribution in [0, 0.1) is 6.92 Å². The summed E-state index contributed by atoms with van der Waals surface area (Å²) in [5.74, 6) is -0.589. The number of primary amides is 1. The zero-order valence-corrected chi connectivity index (χ0v) is 16.5. The van der Waals surface area contributed by atoms with E-state index in [0.29, 0.717) is 28.0 Å². The number of benzene rings is 2. The first-order valence-corrected chi connectivity index (χ1v) is 9.35. The lowest BCUT2D eigenvalue weighted by molar-refractivity contribution is 0.0997. The number of hydrogen-bond acceptors (Lipinski definition) is 6. The second kappa shape index (κ2) is 8.11. The molecule has 4 rings (SSSR count). The van der Waals surface area contributed by atoms with Crippen LogP contribution in [-0.2, 0) is 0 Å². The number of fused-ring (bicyclic) bond motifs is 1. The number of anilines is 1. The van der Waals surface area contributed by atoms with Gasteiger partial charge in [-0.3, -0.25) is 9.59 Å². The third-order valence-corrected chi connectivity index (χ3v) is 4.49. The molecule has 8 heteroatoms. The van der Waals surface area contributed by atoms with Gasteiger partial charge in [-0.2, -0.15) is 0 Å². The van der Waals surface area contributed by atoms with Crippen molar-refractivity contribution in [2.24, 2.45) is 10.7 Å². The van der Waals surface area contributed by atoms with Crippen molar-refractivity contribution < 1.29 is 19.1 Å². The fourth-order valence-corrected chi connectivity index (χ4v) is 2.97. The number of aromatic hydroxyl groups is 1. The molecule has 2 aromatic carbocycles. The highest BCUT2D eigenvalue weighted by molar-refractivity contribution is 6.05. The van der Waals surface area contributed by atoms with Gasteiger partial charge in [0.05, 0.1) is 5.69 Å². The van der Waals surface area contributed by atoms with Crippen LogP contribution < -0.4 is 16.6 Å². The average Bonchev–Trinajstić information content (AvgIpc) is 2.73. The summed E-state index contributed by atoms with van der Waals surface area (Å²) in [6.07, 6.45) is 0. The molecule has 0 saturated heterocycles. The molecule has 2 amide bonds. The number of aromatic nitrogens is 1. The van der Waals surface area contributed by atoms with Crippen LogP contribution in [0.1, 0.15) is 26.4 Å². The molecule has 8 nitrogen and oxygen atoms in total. The predicted molar refractivity (Wildman–Crippen MR) is 115 cm³/mol. The molecule has 154 valence electrons. The average molecular weight is 414 g/mol. The lowest BCUT2D eigenvalue weighted by Gasteiger charge is -2.07. The number of rotatable bonds is 4. The van der Waals surface area contributed by atoms with Crippen LogP contribution >= 0.6 is 0 Å². The summed E-state index contributed by atoms with van der Waals surface area (Å²) in [7, 11) is 0. The molecule has 0 bridgehead atoms. The number of pyridine rings is 1. The highest BCUT2D eigenvalue weighted by atomic mass is 16.3. The van der Waals surface area contributed by atoms with Crippen molar-refractivity contribution in [3.63, 3.8) is 0 Å². The lowest BCUT2D eigenvalue weighted by Crippen LogP contribution is -2.22. The van der Waals surface area contributed by atoms with Crippen LogP contribution in [0.15, 0.2) is 76.1 Å². The minimum atomic E-state index is -0.553. The van der Waals surface area contributed by atoms with Crippen molar-refractivity contribution in [1.82, 2.24) is 4.98 Å². The zero-order chi connectivity index (χ0) is 22.0. The van der Waals surface area contributed by atoms with Gasteiger partial charge in [-0.25, -0.2) is 9.98 Å². The van der Waals surface area contributed by atoms with E-state index in [1.165, 1.54) is 24.3 Å².